The third-order valence-electron chi connectivity index (χ3n) is 3.14. The van der Waals surface area contributed by atoms with Crippen molar-refractivity contribution in [3.8, 4) is 0 Å². The van der Waals surface area contributed by atoms with Gasteiger partial charge in [0, 0.05) is 25.3 Å². The van der Waals surface area contributed by atoms with E-state index >= 15 is 0 Å². The zero-order chi connectivity index (χ0) is 13.5. The minimum absolute atomic E-state index is 0.303. The second-order valence-electron chi connectivity index (χ2n) is 4.94. The number of anilines is 1. The first-order valence-electron chi connectivity index (χ1n) is 6.64. The highest BCUT2D eigenvalue weighted by molar-refractivity contribution is 5.47. The highest BCUT2D eigenvalue weighted by Crippen LogP contribution is 2.17. The third kappa shape index (κ3) is 4.67. The first kappa shape index (κ1) is 15.0. The maximum absolute atomic E-state index is 5.56. The van der Waals surface area contributed by atoms with Gasteiger partial charge in [0.05, 0.1) is 12.7 Å². The Labute approximate surface area is 111 Å². The Balaban J connectivity index is 2.51. The first-order chi connectivity index (χ1) is 8.54. The fourth-order valence-electron chi connectivity index (χ4n) is 1.74. The summed E-state index contributed by atoms with van der Waals surface area (Å²) in [4.78, 5) is 2.22. The lowest BCUT2D eigenvalue weighted by atomic mass is 10.1. The summed E-state index contributed by atoms with van der Waals surface area (Å²) in [5.41, 5.74) is 2.54. The van der Waals surface area contributed by atoms with E-state index in [1.54, 1.807) is 0 Å². The van der Waals surface area contributed by atoms with Crippen molar-refractivity contribution in [1.29, 1.82) is 0 Å². The van der Waals surface area contributed by atoms with Crippen LogP contribution in [-0.4, -0.2) is 33.4 Å². The van der Waals surface area contributed by atoms with Gasteiger partial charge in [-0.05, 0) is 45.5 Å². The molecule has 0 bridgehead atoms. The minimum atomic E-state index is 0.303. The number of hydrogen-bond donors (Lipinski definition) is 1. The second kappa shape index (κ2) is 7.39. The number of ether oxygens (including phenoxy) is 1. The molecule has 0 heterocycles. The molecule has 0 aliphatic rings. The number of rotatable bonds is 7. The fraction of sp³-hybridized carbons (Fsp3) is 0.600. The molecular weight excluding hydrogens is 224 g/mol. The Morgan fingerprint density at radius 1 is 1.17 bits per heavy atom. The molecule has 1 rings (SSSR count). The molecule has 0 saturated carbocycles. The van der Waals surface area contributed by atoms with Crippen LogP contribution >= 0.6 is 0 Å². The van der Waals surface area contributed by atoms with Gasteiger partial charge in [0.25, 0.3) is 0 Å². The molecule has 0 radical (unpaired) electrons. The maximum Gasteiger partial charge on any atom is 0.0644 e. The summed E-state index contributed by atoms with van der Waals surface area (Å²) in [6, 6.07) is 9.08. The molecule has 1 unspecified atom stereocenters. The second-order valence-corrected chi connectivity index (χ2v) is 4.94. The average Bonchev–Trinajstić information content (AvgIpc) is 2.37. The van der Waals surface area contributed by atoms with E-state index in [1.165, 1.54) is 11.3 Å². The molecule has 1 N–H and O–H groups in total. The fourth-order valence-corrected chi connectivity index (χ4v) is 1.74. The number of likely N-dealkylation sites (N-methyl/N-ethyl adjacent to an activating group) is 1. The monoisotopic (exact) mass is 250 g/mol. The van der Waals surface area contributed by atoms with Crippen LogP contribution in [0.3, 0.4) is 0 Å². The van der Waals surface area contributed by atoms with Crippen LogP contribution in [0.5, 0.6) is 0 Å². The summed E-state index contributed by atoms with van der Waals surface area (Å²) in [6.07, 6.45) is 0.303. The third-order valence-corrected chi connectivity index (χ3v) is 3.14. The molecule has 0 aliphatic heterocycles. The van der Waals surface area contributed by atoms with Crippen molar-refractivity contribution in [2.45, 2.75) is 32.9 Å². The van der Waals surface area contributed by atoms with Gasteiger partial charge in [-0.25, -0.2) is 0 Å². The van der Waals surface area contributed by atoms with Crippen molar-refractivity contribution in [3.63, 3.8) is 0 Å². The van der Waals surface area contributed by atoms with Gasteiger partial charge in [0.1, 0.15) is 0 Å². The normalized spacial score (nSPS) is 12.8. The van der Waals surface area contributed by atoms with Crippen LogP contribution in [0.1, 0.15) is 32.4 Å². The minimum Gasteiger partial charge on any atom is -0.377 e. The van der Waals surface area contributed by atoms with Crippen molar-refractivity contribution in [2.24, 2.45) is 0 Å². The van der Waals surface area contributed by atoms with Crippen molar-refractivity contribution in [2.75, 3.05) is 32.1 Å². The van der Waals surface area contributed by atoms with E-state index in [0.717, 1.165) is 13.2 Å². The van der Waals surface area contributed by atoms with Crippen LogP contribution in [0.2, 0.25) is 0 Å². The Bertz CT molecular complexity index is 335. The smallest absolute Gasteiger partial charge is 0.0644 e. The molecule has 0 spiro atoms. The van der Waals surface area contributed by atoms with Crippen LogP contribution < -0.4 is 10.2 Å². The van der Waals surface area contributed by atoms with Crippen LogP contribution in [0.4, 0.5) is 5.69 Å². The highest BCUT2D eigenvalue weighted by Gasteiger charge is 2.04. The molecule has 1 atom stereocenters. The van der Waals surface area contributed by atoms with Crippen LogP contribution in [0.25, 0.3) is 0 Å². The summed E-state index contributed by atoms with van der Waals surface area (Å²) in [5, 5.41) is 3.24. The number of benzene rings is 1. The van der Waals surface area contributed by atoms with Crippen LogP contribution in [0, 0.1) is 0 Å². The summed E-state index contributed by atoms with van der Waals surface area (Å²) < 4.78 is 5.56. The van der Waals surface area contributed by atoms with Crippen molar-refractivity contribution >= 4 is 5.69 Å². The topological polar surface area (TPSA) is 24.5 Å². The van der Waals surface area contributed by atoms with E-state index in [4.69, 9.17) is 4.74 Å². The van der Waals surface area contributed by atoms with Crippen LogP contribution in [0.15, 0.2) is 24.3 Å². The zero-order valence-electron chi connectivity index (χ0n) is 12.2. The van der Waals surface area contributed by atoms with Gasteiger partial charge in [-0.2, -0.15) is 0 Å². The van der Waals surface area contributed by atoms with Crippen LogP contribution in [-0.2, 0) is 4.74 Å². The molecule has 3 nitrogen and oxygen atoms in total. The molecule has 0 fully saturated rings. The predicted octanol–water partition coefficient (Wildman–Crippen LogP) is 2.83. The van der Waals surface area contributed by atoms with Gasteiger partial charge < -0.3 is 15.0 Å². The Kier molecular flexibility index (Phi) is 6.16. The van der Waals surface area contributed by atoms with E-state index < -0.39 is 0 Å². The van der Waals surface area contributed by atoms with E-state index in [-0.39, 0.29) is 0 Å². The van der Waals surface area contributed by atoms with Gasteiger partial charge in [-0.15, -0.1) is 0 Å². The first-order valence-corrected chi connectivity index (χ1v) is 6.64. The Morgan fingerprint density at radius 2 is 1.78 bits per heavy atom. The van der Waals surface area contributed by atoms with E-state index in [9.17, 15) is 0 Å². The summed E-state index contributed by atoms with van der Waals surface area (Å²) in [5.74, 6) is 0. The lowest BCUT2D eigenvalue weighted by Gasteiger charge is -2.21. The van der Waals surface area contributed by atoms with Gasteiger partial charge >= 0.3 is 0 Å². The van der Waals surface area contributed by atoms with Crippen molar-refractivity contribution in [1.82, 2.24) is 5.32 Å². The van der Waals surface area contributed by atoms with Crippen molar-refractivity contribution in [3.05, 3.63) is 29.8 Å². The molecule has 18 heavy (non-hydrogen) atoms. The molecule has 3 heteroatoms. The van der Waals surface area contributed by atoms with Gasteiger partial charge in [-0.3, -0.25) is 0 Å². The average molecular weight is 250 g/mol. The Morgan fingerprint density at radius 3 is 2.28 bits per heavy atom. The Hall–Kier alpha value is -1.06. The molecule has 0 saturated heterocycles. The number of nitrogens with zero attached hydrogens (tertiary/aromatic N) is 1. The molecule has 1 aromatic rings. The summed E-state index contributed by atoms with van der Waals surface area (Å²) in [6.45, 7) is 7.97. The highest BCUT2D eigenvalue weighted by atomic mass is 16.5. The van der Waals surface area contributed by atoms with Gasteiger partial charge in [-0.1, -0.05) is 12.1 Å². The summed E-state index contributed by atoms with van der Waals surface area (Å²) in [7, 11) is 4.08. The quantitative estimate of drug-likeness (QED) is 0.805. The largest absolute Gasteiger partial charge is 0.377 e. The van der Waals surface area contributed by atoms with Gasteiger partial charge in [0.15, 0.2) is 0 Å². The molecule has 0 aromatic heterocycles. The van der Waals surface area contributed by atoms with Crippen molar-refractivity contribution < 1.29 is 4.74 Å². The lowest BCUT2D eigenvalue weighted by Crippen LogP contribution is -2.24. The molecule has 0 amide bonds. The SMILES string of the molecule is CNC(C)c1ccc(N(C)CCOC(C)C)cc1. The standard InChI is InChI=1S/C15H26N2O/c1-12(2)18-11-10-17(5)15-8-6-14(7-9-15)13(3)16-4/h6-9,12-13,16H,10-11H2,1-5H3. The molecule has 0 aliphatic carbocycles. The van der Waals surface area contributed by atoms with E-state index in [2.05, 4.69) is 62.3 Å². The number of hydrogen-bond acceptors (Lipinski definition) is 3. The lowest BCUT2D eigenvalue weighted by molar-refractivity contribution is 0.0846. The van der Waals surface area contributed by atoms with E-state index in [1.807, 2.05) is 7.05 Å². The molecule has 1 aromatic carbocycles. The van der Waals surface area contributed by atoms with E-state index in [0.29, 0.717) is 12.1 Å². The van der Waals surface area contributed by atoms with Gasteiger partial charge in [0.2, 0.25) is 0 Å². The maximum atomic E-state index is 5.56. The predicted molar refractivity (Wildman–Crippen MR) is 78.3 cm³/mol. The zero-order valence-corrected chi connectivity index (χ0v) is 12.2. The summed E-state index contributed by atoms with van der Waals surface area (Å²) >= 11 is 0. The molecular formula is C15H26N2O. The molecule has 102 valence electrons. The number of nitrogens with one attached hydrogen (secondary N) is 1.